The van der Waals surface area contributed by atoms with Crippen molar-refractivity contribution in [2.45, 2.75) is 26.2 Å². The van der Waals surface area contributed by atoms with Gasteiger partial charge in [0, 0.05) is 24.6 Å². The summed E-state index contributed by atoms with van der Waals surface area (Å²) in [6.45, 7) is 2.74. The van der Waals surface area contributed by atoms with E-state index in [-0.39, 0.29) is 5.91 Å². The summed E-state index contributed by atoms with van der Waals surface area (Å²) in [4.78, 5) is 20.6. The second-order valence-electron chi connectivity index (χ2n) is 6.32. The van der Waals surface area contributed by atoms with E-state index < -0.39 is 0 Å². The highest BCUT2D eigenvalue weighted by Crippen LogP contribution is 2.14. The van der Waals surface area contributed by atoms with Crippen molar-refractivity contribution in [1.29, 1.82) is 0 Å². The van der Waals surface area contributed by atoms with Crippen LogP contribution in [0.3, 0.4) is 0 Å². The van der Waals surface area contributed by atoms with Crippen molar-refractivity contribution in [1.82, 2.24) is 15.3 Å². The lowest BCUT2D eigenvalue weighted by atomic mass is 10.1. The Morgan fingerprint density at radius 3 is 2.30 bits per heavy atom. The van der Waals surface area contributed by atoms with Gasteiger partial charge >= 0.3 is 0 Å². The number of carbonyl (C=O) groups is 1. The predicted molar refractivity (Wildman–Crippen MR) is 108 cm³/mol. The van der Waals surface area contributed by atoms with Crippen molar-refractivity contribution < 1.29 is 4.79 Å². The fraction of sp³-hybridized carbons (Fsp3) is 0.227. The number of rotatable bonds is 8. The minimum Gasteiger partial charge on any atom is -0.352 e. The molecule has 0 saturated heterocycles. The third kappa shape index (κ3) is 5.64. The number of anilines is 2. The van der Waals surface area contributed by atoms with Gasteiger partial charge in [0.15, 0.2) is 0 Å². The van der Waals surface area contributed by atoms with Gasteiger partial charge in [-0.2, -0.15) is 0 Å². The maximum atomic E-state index is 12.2. The molecule has 5 heteroatoms. The van der Waals surface area contributed by atoms with E-state index in [0.29, 0.717) is 18.1 Å². The molecule has 1 heterocycles. The number of hydrogen-bond acceptors (Lipinski definition) is 4. The van der Waals surface area contributed by atoms with Gasteiger partial charge in [-0.05, 0) is 42.5 Å². The first-order chi connectivity index (χ1) is 13.2. The summed E-state index contributed by atoms with van der Waals surface area (Å²) >= 11 is 0. The Labute approximate surface area is 159 Å². The van der Waals surface area contributed by atoms with Crippen LogP contribution in [0.15, 0.2) is 67.0 Å². The molecular weight excluding hydrogens is 336 g/mol. The average Bonchev–Trinajstić information content (AvgIpc) is 2.73. The van der Waals surface area contributed by atoms with Crippen LogP contribution in [0.5, 0.6) is 0 Å². The molecule has 2 N–H and O–H groups in total. The summed E-state index contributed by atoms with van der Waals surface area (Å²) in [5.41, 5.74) is 3.94. The van der Waals surface area contributed by atoms with Crippen LogP contribution in [0.1, 0.15) is 34.8 Å². The minimum atomic E-state index is -0.151. The summed E-state index contributed by atoms with van der Waals surface area (Å²) < 4.78 is 0. The molecule has 0 radical (unpaired) electrons. The highest BCUT2D eigenvalue weighted by molar-refractivity contribution is 5.93. The van der Waals surface area contributed by atoms with Crippen molar-refractivity contribution in [2.24, 2.45) is 0 Å². The highest BCUT2D eigenvalue weighted by Gasteiger charge is 2.07. The Hall–Kier alpha value is -3.21. The molecule has 3 aromatic rings. The molecular formula is C22H24N4O. The molecule has 5 nitrogen and oxygen atoms in total. The average molecular weight is 360 g/mol. The van der Waals surface area contributed by atoms with Gasteiger partial charge in [0.1, 0.15) is 0 Å². The fourth-order valence-electron chi connectivity index (χ4n) is 2.70. The third-order valence-electron chi connectivity index (χ3n) is 4.30. The van der Waals surface area contributed by atoms with E-state index in [2.05, 4.69) is 51.8 Å². The first-order valence-electron chi connectivity index (χ1n) is 9.24. The smallest absolute Gasteiger partial charge is 0.254 e. The number of nitrogens with zero attached hydrogens (tertiary/aromatic N) is 2. The van der Waals surface area contributed by atoms with Crippen molar-refractivity contribution in [2.75, 3.05) is 11.9 Å². The number of nitrogens with one attached hydrogen (secondary N) is 2. The molecule has 0 saturated carbocycles. The Balaban J connectivity index is 1.46. The van der Waals surface area contributed by atoms with Gasteiger partial charge < -0.3 is 10.6 Å². The van der Waals surface area contributed by atoms with Crippen LogP contribution in [0, 0.1) is 0 Å². The van der Waals surface area contributed by atoms with E-state index >= 15 is 0 Å². The number of aryl methyl sites for hydroxylation is 2. The lowest BCUT2D eigenvalue weighted by Gasteiger charge is -2.07. The largest absolute Gasteiger partial charge is 0.352 e. The van der Waals surface area contributed by atoms with Crippen LogP contribution in [0.4, 0.5) is 11.6 Å². The van der Waals surface area contributed by atoms with Crippen LogP contribution in [-0.2, 0) is 12.8 Å². The van der Waals surface area contributed by atoms with E-state index in [1.807, 2.05) is 30.3 Å². The molecule has 138 valence electrons. The zero-order valence-electron chi connectivity index (χ0n) is 15.5. The summed E-state index contributed by atoms with van der Waals surface area (Å²) in [5, 5.41) is 6.05. The fourth-order valence-corrected chi connectivity index (χ4v) is 2.70. The molecule has 0 fully saturated rings. The number of aromatic nitrogens is 2. The zero-order chi connectivity index (χ0) is 18.9. The third-order valence-corrected chi connectivity index (χ3v) is 4.30. The number of carbonyl (C=O) groups excluding carboxylic acids is 1. The number of hydrogen-bond donors (Lipinski definition) is 2. The second kappa shape index (κ2) is 9.48. The van der Waals surface area contributed by atoms with Crippen LogP contribution in [0.2, 0.25) is 0 Å². The molecule has 0 aliphatic heterocycles. The molecule has 0 aliphatic carbocycles. The molecule has 0 aliphatic rings. The zero-order valence-corrected chi connectivity index (χ0v) is 15.5. The summed E-state index contributed by atoms with van der Waals surface area (Å²) in [5.74, 6) is 0.321. The van der Waals surface area contributed by atoms with E-state index in [4.69, 9.17) is 0 Å². The van der Waals surface area contributed by atoms with Crippen LogP contribution in [-0.4, -0.2) is 22.4 Å². The van der Waals surface area contributed by atoms with E-state index in [9.17, 15) is 4.79 Å². The Morgan fingerprint density at radius 2 is 1.63 bits per heavy atom. The molecule has 0 atom stereocenters. The van der Waals surface area contributed by atoms with Crippen LogP contribution in [0.25, 0.3) is 0 Å². The first-order valence-corrected chi connectivity index (χ1v) is 9.24. The maximum Gasteiger partial charge on any atom is 0.254 e. The Kier molecular flexibility index (Phi) is 6.52. The van der Waals surface area contributed by atoms with Crippen LogP contribution < -0.4 is 10.6 Å². The number of benzene rings is 2. The monoisotopic (exact) mass is 360 g/mol. The van der Waals surface area contributed by atoms with Gasteiger partial charge in [-0.3, -0.25) is 4.79 Å². The molecule has 1 aromatic heterocycles. The first kappa shape index (κ1) is 18.6. The van der Waals surface area contributed by atoms with E-state index in [0.717, 1.165) is 24.9 Å². The molecule has 27 heavy (non-hydrogen) atoms. The molecule has 0 bridgehead atoms. The van der Waals surface area contributed by atoms with Crippen LogP contribution >= 0.6 is 0 Å². The van der Waals surface area contributed by atoms with Gasteiger partial charge in [-0.25, -0.2) is 9.97 Å². The van der Waals surface area contributed by atoms with Gasteiger partial charge in [0.05, 0.1) is 5.56 Å². The van der Waals surface area contributed by atoms with E-state index in [1.54, 1.807) is 12.4 Å². The normalized spacial score (nSPS) is 10.4. The van der Waals surface area contributed by atoms with Crippen molar-refractivity contribution in [3.05, 3.63) is 83.7 Å². The molecule has 1 amide bonds. The van der Waals surface area contributed by atoms with E-state index in [1.165, 1.54) is 11.1 Å². The second-order valence-corrected chi connectivity index (χ2v) is 6.32. The van der Waals surface area contributed by atoms with Crippen molar-refractivity contribution >= 4 is 17.5 Å². The van der Waals surface area contributed by atoms with Crippen molar-refractivity contribution in [3.8, 4) is 0 Å². The summed E-state index contributed by atoms with van der Waals surface area (Å²) in [7, 11) is 0. The molecule has 0 spiro atoms. The SMILES string of the molecule is CCc1ccc(Nc2ncc(C(=O)NCCCc3ccccc3)cn2)cc1. The standard InChI is InChI=1S/C22H24N4O/c1-2-17-10-12-20(13-11-17)26-22-24-15-19(16-25-22)21(27)23-14-6-9-18-7-4-3-5-8-18/h3-5,7-8,10-13,15-16H,2,6,9,14H2,1H3,(H,23,27)(H,24,25,26). The highest BCUT2D eigenvalue weighted by atomic mass is 16.1. The summed E-state index contributed by atoms with van der Waals surface area (Å²) in [6, 6.07) is 18.4. The lowest BCUT2D eigenvalue weighted by Crippen LogP contribution is -2.25. The number of amides is 1. The van der Waals surface area contributed by atoms with Gasteiger partial charge in [-0.15, -0.1) is 0 Å². The minimum absolute atomic E-state index is 0.151. The molecule has 2 aromatic carbocycles. The molecule has 3 rings (SSSR count). The van der Waals surface area contributed by atoms with Gasteiger partial charge in [-0.1, -0.05) is 49.4 Å². The lowest BCUT2D eigenvalue weighted by molar-refractivity contribution is 0.0952. The molecule has 0 unspecified atom stereocenters. The Morgan fingerprint density at radius 1 is 0.926 bits per heavy atom. The summed E-state index contributed by atoms with van der Waals surface area (Å²) in [6.07, 6.45) is 5.93. The van der Waals surface area contributed by atoms with Gasteiger partial charge in [0.2, 0.25) is 5.95 Å². The topological polar surface area (TPSA) is 66.9 Å². The Bertz CT molecular complexity index is 846. The van der Waals surface area contributed by atoms with Crippen molar-refractivity contribution in [3.63, 3.8) is 0 Å². The maximum absolute atomic E-state index is 12.2. The predicted octanol–water partition coefficient (Wildman–Crippen LogP) is 4.15. The van der Waals surface area contributed by atoms with Gasteiger partial charge in [0.25, 0.3) is 5.91 Å². The quantitative estimate of drug-likeness (QED) is 0.592.